The lowest BCUT2D eigenvalue weighted by Crippen LogP contribution is -2.47. The molecule has 2 heterocycles. The van der Waals surface area contributed by atoms with Crippen molar-refractivity contribution in [2.45, 2.75) is 25.6 Å². The van der Waals surface area contributed by atoms with Crippen LogP contribution in [0.1, 0.15) is 25.5 Å². The Bertz CT molecular complexity index is 345. The van der Waals surface area contributed by atoms with E-state index in [-0.39, 0.29) is 11.7 Å². The first-order chi connectivity index (χ1) is 6.96. The number of aromatic nitrogens is 2. The maximum Gasteiger partial charge on any atom is 0.0989 e. The molecule has 4 nitrogen and oxygen atoms in total. The van der Waals surface area contributed by atoms with Crippen molar-refractivity contribution in [3.05, 3.63) is 18.0 Å². The van der Waals surface area contributed by atoms with Gasteiger partial charge in [-0.1, -0.05) is 0 Å². The maximum absolute atomic E-state index is 6.05. The van der Waals surface area contributed by atoms with Crippen molar-refractivity contribution in [3.63, 3.8) is 0 Å². The number of nitrogens with zero attached hydrogens (tertiary/aromatic N) is 3. The van der Waals surface area contributed by atoms with Gasteiger partial charge in [-0.25, -0.2) is 0 Å². The Hall–Kier alpha value is -0.870. The number of likely N-dealkylation sites (N-methyl/N-ethyl adjacent to an activating group) is 1. The highest BCUT2D eigenvalue weighted by Crippen LogP contribution is 2.29. The molecule has 1 saturated heterocycles. The van der Waals surface area contributed by atoms with E-state index >= 15 is 0 Å². The average Bonchev–Trinajstić information content (AvgIpc) is 2.48. The molecule has 0 saturated carbocycles. The molecule has 1 aromatic heterocycles. The highest BCUT2D eigenvalue weighted by molar-refractivity contribution is 5.10. The minimum Gasteiger partial charge on any atom is -0.365 e. The number of morpholine rings is 1. The molecule has 0 radical (unpaired) electrons. The molecule has 0 aliphatic carbocycles. The topological polar surface area (TPSA) is 30.3 Å². The molecule has 1 unspecified atom stereocenters. The third kappa shape index (κ3) is 2.38. The van der Waals surface area contributed by atoms with Crippen LogP contribution in [0, 0.1) is 0 Å². The molecule has 1 aliphatic heterocycles. The Morgan fingerprint density at radius 2 is 2.20 bits per heavy atom. The van der Waals surface area contributed by atoms with Gasteiger partial charge in [-0.2, -0.15) is 5.10 Å². The van der Waals surface area contributed by atoms with Crippen LogP contribution in [0.3, 0.4) is 0 Å². The summed E-state index contributed by atoms with van der Waals surface area (Å²) in [6, 6.07) is 0. The van der Waals surface area contributed by atoms with Gasteiger partial charge in [-0.15, -0.1) is 0 Å². The summed E-state index contributed by atoms with van der Waals surface area (Å²) in [5.74, 6) is 0. The van der Waals surface area contributed by atoms with E-state index in [0.29, 0.717) is 0 Å². The van der Waals surface area contributed by atoms with E-state index in [1.165, 1.54) is 0 Å². The Balaban J connectivity index is 2.16. The molecule has 0 amide bonds. The van der Waals surface area contributed by atoms with E-state index in [9.17, 15) is 0 Å². The Kier molecular flexibility index (Phi) is 2.56. The van der Waals surface area contributed by atoms with Crippen LogP contribution in [0.4, 0.5) is 0 Å². The monoisotopic (exact) mass is 209 g/mol. The van der Waals surface area contributed by atoms with E-state index in [2.05, 4.69) is 30.9 Å². The summed E-state index contributed by atoms with van der Waals surface area (Å²) < 4.78 is 7.87. The van der Waals surface area contributed by atoms with Gasteiger partial charge in [0.1, 0.15) is 0 Å². The van der Waals surface area contributed by atoms with Crippen LogP contribution in [0.25, 0.3) is 0 Å². The van der Waals surface area contributed by atoms with Crippen LogP contribution in [0.15, 0.2) is 12.4 Å². The average molecular weight is 209 g/mol. The Labute approximate surface area is 90.8 Å². The van der Waals surface area contributed by atoms with Gasteiger partial charge in [0.25, 0.3) is 0 Å². The molecular formula is C11H19N3O. The Morgan fingerprint density at radius 1 is 1.47 bits per heavy atom. The van der Waals surface area contributed by atoms with Crippen molar-refractivity contribution in [1.82, 2.24) is 14.7 Å². The molecule has 0 aromatic carbocycles. The van der Waals surface area contributed by atoms with Crippen molar-refractivity contribution in [1.29, 1.82) is 0 Å². The highest BCUT2D eigenvalue weighted by Gasteiger charge is 2.32. The fraction of sp³-hybridized carbons (Fsp3) is 0.727. The van der Waals surface area contributed by atoms with Gasteiger partial charge in [0.05, 0.1) is 17.9 Å². The summed E-state index contributed by atoms with van der Waals surface area (Å²) in [6.45, 7) is 6.18. The van der Waals surface area contributed by atoms with Crippen molar-refractivity contribution in [2.75, 3.05) is 20.1 Å². The predicted molar refractivity (Wildman–Crippen MR) is 58.6 cm³/mol. The van der Waals surface area contributed by atoms with Crippen LogP contribution in [-0.2, 0) is 11.8 Å². The van der Waals surface area contributed by atoms with Gasteiger partial charge in [0.2, 0.25) is 0 Å². The molecule has 4 heteroatoms. The largest absolute Gasteiger partial charge is 0.365 e. The Morgan fingerprint density at radius 3 is 2.73 bits per heavy atom. The van der Waals surface area contributed by atoms with Gasteiger partial charge in [-0.3, -0.25) is 4.68 Å². The van der Waals surface area contributed by atoms with Crippen LogP contribution < -0.4 is 0 Å². The van der Waals surface area contributed by atoms with Crippen molar-refractivity contribution in [3.8, 4) is 0 Å². The van der Waals surface area contributed by atoms with Crippen molar-refractivity contribution < 1.29 is 4.74 Å². The number of ether oxygens (including phenoxy) is 1. The molecule has 2 rings (SSSR count). The summed E-state index contributed by atoms with van der Waals surface area (Å²) in [7, 11) is 4.06. The maximum atomic E-state index is 6.05. The first kappa shape index (κ1) is 10.6. The molecule has 1 atom stereocenters. The second-order valence-electron chi connectivity index (χ2n) is 5.01. The fourth-order valence-corrected chi connectivity index (χ4v) is 2.24. The van der Waals surface area contributed by atoms with Gasteiger partial charge in [0, 0.05) is 31.9 Å². The van der Waals surface area contributed by atoms with Crippen LogP contribution in [0.2, 0.25) is 0 Å². The van der Waals surface area contributed by atoms with E-state index in [1.54, 1.807) is 0 Å². The van der Waals surface area contributed by atoms with E-state index in [4.69, 9.17) is 4.74 Å². The lowest BCUT2D eigenvalue weighted by molar-refractivity contribution is -0.132. The summed E-state index contributed by atoms with van der Waals surface area (Å²) in [6.07, 6.45) is 4.06. The van der Waals surface area contributed by atoms with E-state index in [0.717, 1.165) is 18.7 Å². The van der Waals surface area contributed by atoms with Gasteiger partial charge >= 0.3 is 0 Å². The van der Waals surface area contributed by atoms with Gasteiger partial charge in [0.15, 0.2) is 0 Å². The SMILES string of the molecule is CN1CC(c2cnn(C)c2)OC(C)(C)C1. The van der Waals surface area contributed by atoms with E-state index in [1.807, 2.05) is 24.1 Å². The van der Waals surface area contributed by atoms with Crippen LogP contribution in [-0.4, -0.2) is 40.4 Å². The highest BCUT2D eigenvalue weighted by atomic mass is 16.5. The zero-order chi connectivity index (χ0) is 11.1. The molecular weight excluding hydrogens is 190 g/mol. The molecule has 0 bridgehead atoms. The number of rotatable bonds is 1. The second-order valence-corrected chi connectivity index (χ2v) is 5.01. The van der Waals surface area contributed by atoms with Crippen LogP contribution >= 0.6 is 0 Å². The fourth-order valence-electron chi connectivity index (χ4n) is 2.24. The molecule has 0 N–H and O–H groups in total. The number of hydrogen-bond acceptors (Lipinski definition) is 3. The van der Waals surface area contributed by atoms with Crippen molar-refractivity contribution in [2.24, 2.45) is 7.05 Å². The molecule has 15 heavy (non-hydrogen) atoms. The molecule has 1 aliphatic rings. The predicted octanol–water partition coefficient (Wildman–Crippen LogP) is 1.20. The quantitative estimate of drug-likeness (QED) is 0.696. The van der Waals surface area contributed by atoms with Gasteiger partial charge < -0.3 is 9.64 Å². The first-order valence-corrected chi connectivity index (χ1v) is 5.31. The molecule has 0 spiro atoms. The molecule has 1 fully saturated rings. The zero-order valence-corrected chi connectivity index (χ0v) is 9.90. The minimum atomic E-state index is -0.0759. The standard InChI is InChI=1S/C11H19N3O/c1-11(2)8-13(3)7-10(15-11)9-5-12-14(4)6-9/h5-6,10H,7-8H2,1-4H3. The first-order valence-electron chi connectivity index (χ1n) is 5.31. The van der Waals surface area contributed by atoms with Crippen LogP contribution in [0.5, 0.6) is 0 Å². The lowest BCUT2D eigenvalue weighted by Gasteiger charge is -2.41. The van der Waals surface area contributed by atoms with Gasteiger partial charge in [-0.05, 0) is 20.9 Å². The smallest absolute Gasteiger partial charge is 0.0989 e. The lowest BCUT2D eigenvalue weighted by atomic mass is 10.0. The third-order valence-electron chi connectivity index (χ3n) is 2.69. The molecule has 84 valence electrons. The second kappa shape index (κ2) is 3.61. The summed E-state index contributed by atoms with van der Waals surface area (Å²) in [5.41, 5.74) is 1.09. The summed E-state index contributed by atoms with van der Waals surface area (Å²) in [4.78, 5) is 2.31. The minimum absolute atomic E-state index is 0.0759. The molecule has 1 aromatic rings. The normalized spacial score (nSPS) is 26.8. The number of aryl methyl sites for hydroxylation is 1. The van der Waals surface area contributed by atoms with E-state index < -0.39 is 0 Å². The third-order valence-corrected chi connectivity index (χ3v) is 2.69. The zero-order valence-electron chi connectivity index (χ0n) is 9.90. The van der Waals surface area contributed by atoms with Crippen molar-refractivity contribution >= 4 is 0 Å². The summed E-state index contributed by atoms with van der Waals surface area (Å²) >= 11 is 0. The summed E-state index contributed by atoms with van der Waals surface area (Å²) in [5, 5.41) is 4.18. The number of hydrogen-bond donors (Lipinski definition) is 0.